The number of rotatable bonds is 2. The Bertz CT molecular complexity index is 446. The number of benzene rings is 1. The molecule has 3 rings (SSSR count). The van der Waals surface area contributed by atoms with Crippen LogP contribution >= 0.6 is 15.9 Å². The highest BCUT2D eigenvalue weighted by Gasteiger charge is 2.23. The van der Waals surface area contributed by atoms with Crippen LogP contribution in [0.3, 0.4) is 0 Å². The summed E-state index contributed by atoms with van der Waals surface area (Å²) in [6, 6.07) is 4.83. The highest BCUT2D eigenvalue weighted by Crippen LogP contribution is 2.36. The second kappa shape index (κ2) is 5.22. The molecule has 0 amide bonds. The topological polar surface area (TPSA) is 35.2 Å². The lowest BCUT2D eigenvalue weighted by Crippen LogP contribution is -2.28. The first-order chi connectivity index (χ1) is 8.72. The van der Waals surface area contributed by atoms with E-state index >= 15 is 0 Å². The largest absolute Gasteiger partial charge is 0.493 e. The van der Waals surface area contributed by atoms with Crippen LogP contribution in [0.2, 0.25) is 0 Å². The summed E-state index contributed by atoms with van der Waals surface area (Å²) in [5.41, 5.74) is 8.81. The lowest BCUT2D eigenvalue weighted by atomic mass is 9.82. The zero-order valence-electron chi connectivity index (χ0n) is 10.6. The molecule has 0 saturated heterocycles. The predicted molar refractivity (Wildman–Crippen MR) is 77.0 cm³/mol. The van der Waals surface area contributed by atoms with Crippen molar-refractivity contribution in [2.75, 3.05) is 6.61 Å². The van der Waals surface area contributed by atoms with Gasteiger partial charge in [0.25, 0.3) is 0 Å². The van der Waals surface area contributed by atoms with E-state index in [1.165, 1.54) is 41.3 Å². The highest BCUT2D eigenvalue weighted by molar-refractivity contribution is 9.10. The fourth-order valence-corrected chi connectivity index (χ4v) is 3.88. The summed E-state index contributed by atoms with van der Waals surface area (Å²) in [6.07, 6.45) is 7.13. The second-order valence-corrected chi connectivity index (χ2v) is 6.56. The molecule has 0 aromatic heterocycles. The normalized spacial score (nSPS) is 26.8. The van der Waals surface area contributed by atoms with Crippen molar-refractivity contribution >= 4 is 15.9 Å². The Morgan fingerprint density at radius 2 is 2.22 bits per heavy atom. The van der Waals surface area contributed by atoms with Gasteiger partial charge in [-0.3, -0.25) is 0 Å². The van der Waals surface area contributed by atoms with Crippen LogP contribution in [0.4, 0.5) is 0 Å². The zero-order chi connectivity index (χ0) is 12.5. The number of fused-ring (bicyclic) bond motifs is 1. The van der Waals surface area contributed by atoms with E-state index in [2.05, 4.69) is 28.1 Å². The Hall–Kier alpha value is -0.540. The SMILES string of the molecule is NC1CCCC(Cc2cc(Br)cc3c2OCC3)C1. The minimum Gasteiger partial charge on any atom is -0.493 e. The van der Waals surface area contributed by atoms with Gasteiger partial charge < -0.3 is 10.5 Å². The van der Waals surface area contributed by atoms with Crippen LogP contribution in [0.15, 0.2) is 16.6 Å². The summed E-state index contributed by atoms with van der Waals surface area (Å²) in [5.74, 6) is 1.88. The maximum atomic E-state index is 6.08. The lowest BCUT2D eigenvalue weighted by molar-refractivity contribution is 0.312. The molecule has 1 aliphatic carbocycles. The molecule has 0 bridgehead atoms. The van der Waals surface area contributed by atoms with E-state index < -0.39 is 0 Å². The minimum absolute atomic E-state index is 0.407. The van der Waals surface area contributed by atoms with Crippen molar-refractivity contribution in [1.82, 2.24) is 0 Å². The van der Waals surface area contributed by atoms with Gasteiger partial charge in [-0.25, -0.2) is 0 Å². The van der Waals surface area contributed by atoms with Crippen molar-refractivity contribution in [2.24, 2.45) is 11.7 Å². The van der Waals surface area contributed by atoms with Gasteiger partial charge in [0, 0.05) is 16.9 Å². The number of hydrogen-bond acceptors (Lipinski definition) is 2. The van der Waals surface area contributed by atoms with E-state index in [-0.39, 0.29) is 0 Å². The molecule has 18 heavy (non-hydrogen) atoms. The molecule has 1 fully saturated rings. The summed E-state index contributed by atoms with van der Waals surface area (Å²) in [5, 5.41) is 0. The Kier molecular flexibility index (Phi) is 3.62. The number of ether oxygens (including phenoxy) is 1. The third-order valence-electron chi connectivity index (χ3n) is 4.16. The molecule has 1 aromatic carbocycles. The first-order valence-corrected chi connectivity index (χ1v) is 7.71. The third kappa shape index (κ3) is 2.57. The molecule has 2 N–H and O–H groups in total. The van der Waals surface area contributed by atoms with E-state index in [1.807, 2.05) is 0 Å². The van der Waals surface area contributed by atoms with Crippen LogP contribution in [-0.2, 0) is 12.8 Å². The van der Waals surface area contributed by atoms with E-state index in [0.717, 1.165) is 31.1 Å². The monoisotopic (exact) mass is 309 g/mol. The van der Waals surface area contributed by atoms with Crippen LogP contribution in [0, 0.1) is 5.92 Å². The molecule has 98 valence electrons. The van der Waals surface area contributed by atoms with Crippen molar-refractivity contribution in [3.05, 3.63) is 27.7 Å². The molecule has 0 spiro atoms. The van der Waals surface area contributed by atoms with Gasteiger partial charge in [0.15, 0.2) is 0 Å². The first-order valence-electron chi connectivity index (χ1n) is 6.92. The predicted octanol–water partition coefficient (Wildman–Crippen LogP) is 3.44. The van der Waals surface area contributed by atoms with Gasteiger partial charge in [-0.05, 0) is 48.4 Å². The van der Waals surface area contributed by atoms with E-state index in [4.69, 9.17) is 10.5 Å². The maximum Gasteiger partial charge on any atom is 0.125 e. The Morgan fingerprint density at radius 3 is 3.06 bits per heavy atom. The quantitative estimate of drug-likeness (QED) is 0.908. The Morgan fingerprint density at radius 1 is 1.33 bits per heavy atom. The van der Waals surface area contributed by atoms with Gasteiger partial charge >= 0.3 is 0 Å². The van der Waals surface area contributed by atoms with E-state index in [0.29, 0.717) is 6.04 Å². The van der Waals surface area contributed by atoms with Gasteiger partial charge in [0.2, 0.25) is 0 Å². The fourth-order valence-electron chi connectivity index (χ4n) is 3.33. The molecule has 1 heterocycles. The van der Waals surface area contributed by atoms with Crippen LogP contribution < -0.4 is 10.5 Å². The average molecular weight is 310 g/mol. The van der Waals surface area contributed by atoms with Gasteiger partial charge in [0.05, 0.1) is 6.61 Å². The highest BCUT2D eigenvalue weighted by atomic mass is 79.9. The summed E-state index contributed by atoms with van der Waals surface area (Å²) in [6.45, 7) is 0.836. The molecule has 2 nitrogen and oxygen atoms in total. The standard InChI is InChI=1S/C15H20BrNO/c16-13-8-11-4-5-18-15(11)12(9-13)6-10-2-1-3-14(17)7-10/h8-10,14H,1-7,17H2. The molecular formula is C15H20BrNO. The van der Waals surface area contributed by atoms with Gasteiger partial charge in [-0.1, -0.05) is 28.8 Å². The summed E-state index contributed by atoms with van der Waals surface area (Å²) >= 11 is 3.61. The summed E-state index contributed by atoms with van der Waals surface area (Å²) in [4.78, 5) is 0. The van der Waals surface area contributed by atoms with E-state index in [1.54, 1.807) is 0 Å². The molecule has 1 aromatic rings. The fraction of sp³-hybridized carbons (Fsp3) is 0.600. The molecule has 1 aliphatic heterocycles. The van der Waals surface area contributed by atoms with Crippen LogP contribution in [0.1, 0.15) is 36.8 Å². The zero-order valence-corrected chi connectivity index (χ0v) is 12.2. The average Bonchev–Trinajstić information content (AvgIpc) is 2.77. The number of hydrogen-bond donors (Lipinski definition) is 1. The smallest absolute Gasteiger partial charge is 0.125 e. The van der Waals surface area contributed by atoms with Gasteiger partial charge in [-0.2, -0.15) is 0 Å². The molecule has 2 unspecified atom stereocenters. The minimum atomic E-state index is 0.407. The molecule has 0 radical (unpaired) electrons. The van der Waals surface area contributed by atoms with Crippen LogP contribution in [0.25, 0.3) is 0 Å². The second-order valence-electron chi connectivity index (χ2n) is 5.65. The van der Waals surface area contributed by atoms with Gasteiger partial charge in [0.1, 0.15) is 5.75 Å². The first kappa shape index (κ1) is 12.5. The third-order valence-corrected chi connectivity index (χ3v) is 4.62. The Balaban J connectivity index is 1.80. The molecule has 3 heteroatoms. The van der Waals surface area contributed by atoms with Crippen molar-refractivity contribution in [2.45, 2.75) is 44.6 Å². The molecule has 2 aliphatic rings. The van der Waals surface area contributed by atoms with Crippen LogP contribution in [-0.4, -0.2) is 12.6 Å². The van der Waals surface area contributed by atoms with Crippen molar-refractivity contribution in [3.63, 3.8) is 0 Å². The van der Waals surface area contributed by atoms with Gasteiger partial charge in [-0.15, -0.1) is 0 Å². The van der Waals surface area contributed by atoms with Crippen LogP contribution in [0.5, 0.6) is 5.75 Å². The van der Waals surface area contributed by atoms with E-state index in [9.17, 15) is 0 Å². The molecular weight excluding hydrogens is 290 g/mol. The summed E-state index contributed by atoms with van der Waals surface area (Å²) in [7, 11) is 0. The van der Waals surface area contributed by atoms with Crippen molar-refractivity contribution in [3.8, 4) is 5.75 Å². The summed E-state index contributed by atoms with van der Waals surface area (Å²) < 4.78 is 6.98. The molecule has 2 atom stereocenters. The number of halogens is 1. The lowest BCUT2D eigenvalue weighted by Gasteiger charge is -2.27. The molecule has 1 saturated carbocycles. The maximum absolute atomic E-state index is 6.08. The van der Waals surface area contributed by atoms with Crippen molar-refractivity contribution < 1.29 is 4.74 Å². The van der Waals surface area contributed by atoms with Crippen molar-refractivity contribution in [1.29, 1.82) is 0 Å². The Labute approximate surface area is 117 Å². The number of nitrogens with two attached hydrogens (primary N) is 1.